The van der Waals surface area contributed by atoms with Crippen LogP contribution in [-0.2, 0) is 0 Å². The number of aliphatic hydroxyl groups excluding tert-OH is 1. The normalized spacial score (nSPS) is 10.1. The molecule has 0 aliphatic rings. The summed E-state index contributed by atoms with van der Waals surface area (Å²) < 4.78 is 7.97. The second-order valence-corrected chi connectivity index (χ2v) is 4.92. The van der Waals surface area contributed by atoms with E-state index in [4.69, 9.17) is 4.74 Å². The van der Waals surface area contributed by atoms with E-state index in [9.17, 15) is 5.11 Å². The topological polar surface area (TPSA) is 29.5 Å². The van der Waals surface area contributed by atoms with Crippen molar-refractivity contribution >= 4 is 28.7 Å². The molecule has 0 spiro atoms. The number of hydrogen-bond acceptors (Lipinski definition) is 2. The number of halogens is 1. The molecule has 0 fully saturated rings. The van der Waals surface area contributed by atoms with Crippen molar-refractivity contribution in [3.8, 4) is 27.4 Å². The first-order valence-corrected chi connectivity index (χ1v) is 7.91. The zero-order chi connectivity index (χ0) is 15.3. The van der Waals surface area contributed by atoms with Gasteiger partial charge in [-0.1, -0.05) is 29.9 Å². The Balaban J connectivity index is 2.52. The first-order valence-electron chi connectivity index (χ1n) is 6.83. The fourth-order valence-electron chi connectivity index (χ4n) is 1.67. The van der Waals surface area contributed by atoms with Gasteiger partial charge in [0.25, 0.3) is 0 Å². The summed E-state index contributed by atoms with van der Waals surface area (Å²) >= 11 is 2.05. The minimum Gasteiger partial charge on any atom is -0.497 e. The number of unbranched alkanes of at least 4 members (excludes halogenated alkanes) is 3. The van der Waals surface area contributed by atoms with Crippen LogP contribution in [0.25, 0.3) is 6.08 Å². The highest BCUT2D eigenvalue weighted by Crippen LogP contribution is 2.13. The Morgan fingerprint density at radius 1 is 1.19 bits per heavy atom. The second-order valence-electron chi connectivity index (χ2n) is 4.38. The van der Waals surface area contributed by atoms with Gasteiger partial charge in [0.2, 0.25) is 0 Å². The highest BCUT2D eigenvalue weighted by molar-refractivity contribution is 14.1. The van der Waals surface area contributed by atoms with E-state index >= 15 is 0 Å². The molecule has 0 bridgehead atoms. The van der Waals surface area contributed by atoms with Gasteiger partial charge < -0.3 is 9.84 Å². The molecule has 0 atom stereocenters. The van der Waals surface area contributed by atoms with Crippen molar-refractivity contribution in [3.63, 3.8) is 0 Å². The van der Waals surface area contributed by atoms with Gasteiger partial charge in [0.05, 0.1) is 13.7 Å². The third-order valence-corrected chi connectivity index (χ3v) is 3.18. The van der Waals surface area contributed by atoms with E-state index in [-0.39, 0.29) is 6.61 Å². The van der Waals surface area contributed by atoms with Crippen molar-refractivity contribution in [2.45, 2.75) is 25.7 Å². The van der Waals surface area contributed by atoms with E-state index in [1.54, 1.807) is 7.11 Å². The molecule has 1 aromatic carbocycles. The summed E-state index contributed by atoms with van der Waals surface area (Å²) in [5.41, 5.74) is 1.73. The Morgan fingerprint density at radius 3 is 2.43 bits per heavy atom. The number of rotatable bonds is 6. The average molecular weight is 394 g/mol. The van der Waals surface area contributed by atoms with Gasteiger partial charge >= 0.3 is 0 Å². The van der Waals surface area contributed by atoms with Crippen LogP contribution in [0.2, 0.25) is 0 Å². The monoisotopic (exact) mass is 394 g/mol. The summed E-state index contributed by atoms with van der Waals surface area (Å²) in [6.07, 6.45) is 5.77. The molecule has 0 saturated heterocycles. The SMILES string of the molecule is COc1ccc(/C=C(/C#CCCCCC#CI)CO)cc1. The van der Waals surface area contributed by atoms with Crippen molar-refractivity contribution in [2.24, 2.45) is 0 Å². The molecule has 0 radical (unpaired) electrons. The van der Waals surface area contributed by atoms with Crippen LogP contribution in [-0.4, -0.2) is 18.8 Å². The molecule has 1 N–H and O–H groups in total. The van der Waals surface area contributed by atoms with Crippen LogP contribution in [0.5, 0.6) is 5.75 Å². The predicted molar refractivity (Wildman–Crippen MR) is 96.1 cm³/mol. The number of hydrogen-bond donors (Lipinski definition) is 1. The Morgan fingerprint density at radius 2 is 1.86 bits per heavy atom. The fraction of sp³-hybridized carbons (Fsp3) is 0.333. The molecule has 0 aliphatic heterocycles. The zero-order valence-corrected chi connectivity index (χ0v) is 14.3. The maximum Gasteiger partial charge on any atom is 0.118 e. The molecule has 110 valence electrons. The van der Waals surface area contributed by atoms with E-state index in [0.29, 0.717) is 0 Å². The number of ether oxygens (including phenoxy) is 1. The molecule has 0 unspecified atom stereocenters. The Hall–Kier alpha value is -1.43. The minimum absolute atomic E-state index is 0.0423. The standard InChI is InChI=1S/C18H19IO2/c1-21-18-11-9-16(10-12-18)14-17(15-20)8-6-4-2-3-5-7-13-19/h9-12,14,20H,2-5,15H2,1H3/b17-14-. The maximum atomic E-state index is 9.35. The van der Waals surface area contributed by atoms with Crippen LogP contribution >= 0.6 is 22.6 Å². The molecule has 1 aromatic rings. The lowest BCUT2D eigenvalue weighted by atomic mass is 10.1. The van der Waals surface area contributed by atoms with Gasteiger partial charge in [0.1, 0.15) is 5.75 Å². The van der Waals surface area contributed by atoms with Gasteiger partial charge in [-0.15, -0.1) is 0 Å². The van der Waals surface area contributed by atoms with Crippen molar-refractivity contribution in [3.05, 3.63) is 35.4 Å². The molecule has 0 aliphatic carbocycles. The lowest BCUT2D eigenvalue weighted by molar-refractivity contribution is 0.337. The number of benzene rings is 1. The van der Waals surface area contributed by atoms with Crippen LogP contribution in [0, 0.1) is 21.7 Å². The summed E-state index contributed by atoms with van der Waals surface area (Å²) in [6, 6.07) is 7.67. The summed E-state index contributed by atoms with van der Waals surface area (Å²) in [7, 11) is 1.64. The smallest absolute Gasteiger partial charge is 0.118 e. The van der Waals surface area contributed by atoms with Gasteiger partial charge in [-0.2, -0.15) is 0 Å². The van der Waals surface area contributed by atoms with E-state index < -0.39 is 0 Å². The lowest BCUT2D eigenvalue weighted by Gasteiger charge is -2.00. The lowest BCUT2D eigenvalue weighted by Crippen LogP contribution is -1.87. The van der Waals surface area contributed by atoms with Crippen molar-refractivity contribution in [2.75, 3.05) is 13.7 Å². The average Bonchev–Trinajstić information content (AvgIpc) is 2.53. The summed E-state index contributed by atoms with van der Waals surface area (Å²) in [6.45, 7) is -0.0423. The van der Waals surface area contributed by atoms with Gasteiger partial charge in [-0.05, 0) is 40.5 Å². The molecule has 21 heavy (non-hydrogen) atoms. The van der Waals surface area contributed by atoms with Gasteiger partial charge in [-0.25, -0.2) is 0 Å². The molecule has 0 amide bonds. The Bertz CT molecular complexity index is 565. The first kappa shape index (κ1) is 17.6. The quantitative estimate of drug-likeness (QED) is 0.449. The van der Waals surface area contributed by atoms with Gasteiger partial charge in [-0.3, -0.25) is 0 Å². The van der Waals surface area contributed by atoms with Gasteiger partial charge in [0.15, 0.2) is 0 Å². The number of aliphatic hydroxyl groups is 1. The van der Waals surface area contributed by atoms with E-state index in [0.717, 1.165) is 42.6 Å². The van der Waals surface area contributed by atoms with Crippen molar-refractivity contribution < 1.29 is 9.84 Å². The molecular formula is C18H19IO2. The van der Waals surface area contributed by atoms with Crippen LogP contribution in [0.15, 0.2) is 29.8 Å². The van der Waals surface area contributed by atoms with Crippen LogP contribution in [0.1, 0.15) is 31.2 Å². The van der Waals surface area contributed by atoms with E-state index in [2.05, 4.69) is 44.3 Å². The Kier molecular flexibility index (Phi) is 9.44. The van der Waals surface area contributed by atoms with E-state index in [1.807, 2.05) is 30.3 Å². The highest BCUT2D eigenvalue weighted by atomic mass is 127. The van der Waals surface area contributed by atoms with Crippen LogP contribution < -0.4 is 4.74 Å². The molecule has 0 heterocycles. The van der Waals surface area contributed by atoms with Crippen molar-refractivity contribution in [1.82, 2.24) is 0 Å². The third kappa shape index (κ3) is 7.80. The minimum atomic E-state index is -0.0423. The van der Waals surface area contributed by atoms with Crippen LogP contribution in [0.3, 0.4) is 0 Å². The predicted octanol–water partition coefficient (Wildman–Crippen LogP) is 4.03. The van der Waals surface area contributed by atoms with Gasteiger partial charge in [0, 0.05) is 41.0 Å². The first-order chi connectivity index (χ1) is 10.3. The molecular weight excluding hydrogens is 375 g/mol. The van der Waals surface area contributed by atoms with E-state index in [1.165, 1.54) is 0 Å². The number of methoxy groups -OCH3 is 1. The fourth-order valence-corrected chi connectivity index (χ4v) is 1.94. The molecule has 2 nitrogen and oxygen atoms in total. The second kappa shape index (κ2) is 11.3. The third-order valence-electron chi connectivity index (χ3n) is 2.80. The molecule has 1 rings (SSSR count). The molecule has 3 heteroatoms. The van der Waals surface area contributed by atoms with Crippen molar-refractivity contribution in [1.29, 1.82) is 0 Å². The molecule has 0 aromatic heterocycles. The largest absolute Gasteiger partial charge is 0.497 e. The maximum absolute atomic E-state index is 9.35. The Labute approximate surface area is 140 Å². The molecule has 0 saturated carbocycles. The van der Waals surface area contributed by atoms with Crippen LogP contribution in [0.4, 0.5) is 0 Å². The summed E-state index contributed by atoms with van der Waals surface area (Å²) in [4.78, 5) is 0. The zero-order valence-electron chi connectivity index (χ0n) is 12.2. The summed E-state index contributed by atoms with van der Waals surface area (Å²) in [5, 5.41) is 9.35. The summed E-state index contributed by atoms with van der Waals surface area (Å²) in [5.74, 6) is 9.98. The highest BCUT2D eigenvalue weighted by Gasteiger charge is 1.94.